The van der Waals surface area contributed by atoms with E-state index in [-0.39, 0.29) is 6.61 Å². The third-order valence-corrected chi connectivity index (χ3v) is 3.16. The summed E-state index contributed by atoms with van der Waals surface area (Å²) in [5, 5.41) is 12.5. The molecule has 6 nitrogen and oxygen atoms in total. The van der Waals surface area contributed by atoms with Gasteiger partial charge in [0.25, 0.3) is 0 Å². The highest BCUT2D eigenvalue weighted by molar-refractivity contribution is 5.69. The van der Waals surface area contributed by atoms with Crippen LogP contribution >= 0.6 is 0 Å². The third kappa shape index (κ3) is 3.78. The van der Waals surface area contributed by atoms with Gasteiger partial charge in [0.1, 0.15) is 24.2 Å². The van der Waals surface area contributed by atoms with E-state index in [1.807, 2.05) is 48.5 Å². The first-order valence-corrected chi connectivity index (χ1v) is 7.18. The SMILES string of the molecule is N#Cc1cnn(C(=O)OCc2ccc(Oc3ccccc3)cc2)c1. The van der Waals surface area contributed by atoms with Crippen molar-refractivity contribution in [2.45, 2.75) is 6.61 Å². The van der Waals surface area contributed by atoms with Crippen molar-refractivity contribution < 1.29 is 14.3 Å². The molecule has 2 aromatic carbocycles. The van der Waals surface area contributed by atoms with Crippen LogP contribution in [0.25, 0.3) is 0 Å². The van der Waals surface area contributed by atoms with Crippen molar-refractivity contribution in [3.8, 4) is 17.6 Å². The molecule has 1 heterocycles. The number of nitriles is 1. The number of benzene rings is 2. The van der Waals surface area contributed by atoms with Crippen molar-refractivity contribution in [3.63, 3.8) is 0 Å². The van der Waals surface area contributed by atoms with Crippen LogP contribution in [-0.4, -0.2) is 15.9 Å². The van der Waals surface area contributed by atoms with Crippen LogP contribution in [0.15, 0.2) is 67.0 Å². The zero-order valence-corrected chi connectivity index (χ0v) is 12.6. The van der Waals surface area contributed by atoms with E-state index in [1.165, 1.54) is 12.4 Å². The number of carbonyl (C=O) groups excluding carboxylic acids is 1. The Labute approximate surface area is 138 Å². The summed E-state index contributed by atoms with van der Waals surface area (Å²) < 4.78 is 11.8. The highest BCUT2D eigenvalue weighted by Gasteiger charge is 2.08. The molecule has 0 spiro atoms. The minimum atomic E-state index is -0.638. The molecule has 0 unspecified atom stereocenters. The summed E-state index contributed by atoms with van der Waals surface area (Å²) in [6, 6.07) is 18.6. The summed E-state index contributed by atoms with van der Waals surface area (Å²) >= 11 is 0. The summed E-state index contributed by atoms with van der Waals surface area (Å²) in [5.74, 6) is 1.45. The van der Waals surface area contributed by atoms with Gasteiger partial charge >= 0.3 is 6.09 Å². The predicted octanol–water partition coefficient (Wildman–Crippen LogP) is 3.73. The van der Waals surface area contributed by atoms with Gasteiger partial charge in [0.05, 0.1) is 18.0 Å². The molecule has 6 heteroatoms. The van der Waals surface area contributed by atoms with Gasteiger partial charge in [-0.05, 0) is 29.8 Å². The van der Waals surface area contributed by atoms with E-state index in [9.17, 15) is 4.79 Å². The minimum Gasteiger partial charge on any atom is -0.457 e. The molecular weight excluding hydrogens is 306 g/mol. The first kappa shape index (κ1) is 15.3. The van der Waals surface area contributed by atoms with E-state index in [0.717, 1.165) is 16.0 Å². The standard InChI is InChI=1S/C18H13N3O3/c19-10-15-11-20-21(12-15)18(22)23-13-14-6-8-17(9-7-14)24-16-4-2-1-3-5-16/h1-9,11-12H,13H2. The minimum absolute atomic E-state index is 0.103. The Balaban J connectivity index is 1.56. The van der Waals surface area contributed by atoms with Crippen LogP contribution in [0.1, 0.15) is 11.1 Å². The molecule has 0 aliphatic rings. The van der Waals surface area contributed by atoms with Gasteiger partial charge < -0.3 is 9.47 Å². The summed E-state index contributed by atoms with van der Waals surface area (Å²) in [7, 11) is 0. The fourth-order valence-corrected chi connectivity index (χ4v) is 1.97. The fourth-order valence-electron chi connectivity index (χ4n) is 1.97. The first-order valence-electron chi connectivity index (χ1n) is 7.18. The number of hydrogen-bond donors (Lipinski definition) is 0. The maximum absolute atomic E-state index is 11.8. The van der Waals surface area contributed by atoms with Crippen LogP contribution in [0.5, 0.6) is 11.5 Å². The van der Waals surface area contributed by atoms with Gasteiger partial charge in [-0.25, -0.2) is 4.79 Å². The lowest BCUT2D eigenvalue weighted by atomic mass is 10.2. The maximum atomic E-state index is 11.8. The maximum Gasteiger partial charge on any atom is 0.435 e. The molecule has 3 rings (SSSR count). The number of aromatic nitrogens is 2. The predicted molar refractivity (Wildman–Crippen MR) is 85.5 cm³/mol. The molecule has 0 saturated carbocycles. The summed E-state index contributed by atoms with van der Waals surface area (Å²) in [4.78, 5) is 11.8. The molecule has 0 fully saturated rings. The number of para-hydroxylation sites is 1. The van der Waals surface area contributed by atoms with Gasteiger partial charge in [-0.1, -0.05) is 30.3 Å². The van der Waals surface area contributed by atoms with Crippen molar-refractivity contribution in [2.75, 3.05) is 0 Å². The second kappa shape index (κ2) is 7.11. The Hall–Kier alpha value is -3.59. The first-order chi connectivity index (χ1) is 11.7. The molecule has 0 bridgehead atoms. The van der Waals surface area contributed by atoms with Crippen LogP contribution in [0.2, 0.25) is 0 Å². The zero-order valence-electron chi connectivity index (χ0n) is 12.6. The molecule has 1 aromatic heterocycles. The molecular formula is C18H13N3O3. The monoisotopic (exact) mass is 319 g/mol. The van der Waals surface area contributed by atoms with Crippen LogP contribution in [0.3, 0.4) is 0 Å². The lowest BCUT2D eigenvalue weighted by molar-refractivity contribution is 0.138. The van der Waals surface area contributed by atoms with Crippen LogP contribution in [0, 0.1) is 11.3 Å². The smallest absolute Gasteiger partial charge is 0.435 e. The van der Waals surface area contributed by atoms with Crippen molar-refractivity contribution >= 4 is 6.09 Å². The van der Waals surface area contributed by atoms with E-state index >= 15 is 0 Å². The fraction of sp³-hybridized carbons (Fsp3) is 0.0556. The second-order valence-electron chi connectivity index (χ2n) is 4.90. The van der Waals surface area contributed by atoms with Gasteiger partial charge in [-0.2, -0.15) is 15.0 Å². The van der Waals surface area contributed by atoms with E-state index in [4.69, 9.17) is 14.7 Å². The highest BCUT2D eigenvalue weighted by Crippen LogP contribution is 2.21. The van der Waals surface area contributed by atoms with Crippen LogP contribution in [0.4, 0.5) is 4.79 Å². The molecule has 0 radical (unpaired) electrons. The average molecular weight is 319 g/mol. The Morgan fingerprint density at radius 3 is 2.46 bits per heavy atom. The Bertz CT molecular complexity index is 865. The topological polar surface area (TPSA) is 77.1 Å². The highest BCUT2D eigenvalue weighted by atomic mass is 16.6. The van der Waals surface area contributed by atoms with Crippen molar-refractivity contribution in [1.29, 1.82) is 5.26 Å². The van der Waals surface area contributed by atoms with Gasteiger partial charge in [-0.3, -0.25) is 0 Å². The zero-order chi connectivity index (χ0) is 16.8. The summed E-state index contributed by atoms with van der Waals surface area (Å²) in [5.41, 5.74) is 1.12. The van der Waals surface area contributed by atoms with Crippen molar-refractivity contribution in [1.82, 2.24) is 9.78 Å². The number of ether oxygens (including phenoxy) is 2. The Kier molecular flexibility index (Phi) is 4.54. The molecule has 0 atom stereocenters. The van der Waals surface area contributed by atoms with Crippen LogP contribution in [-0.2, 0) is 11.3 Å². The second-order valence-corrected chi connectivity index (χ2v) is 4.90. The van der Waals surface area contributed by atoms with Gasteiger partial charge in [0, 0.05) is 0 Å². The van der Waals surface area contributed by atoms with Crippen molar-refractivity contribution in [3.05, 3.63) is 78.1 Å². The van der Waals surface area contributed by atoms with E-state index in [0.29, 0.717) is 11.3 Å². The number of nitrogens with zero attached hydrogens (tertiary/aromatic N) is 3. The molecule has 3 aromatic rings. The van der Waals surface area contributed by atoms with E-state index in [1.54, 1.807) is 12.1 Å². The summed E-state index contributed by atoms with van der Waals surface area (Å²) in [6.45, 7) is 0.103. The molecule has 0 amide bonds. The van der Waals surface area contributed by atoms with Gasteiger partial charge in [0.15, 0.2) is 0 Å². The van der Waals surface area contributed by atoms with E-state index < -0.39 is 6.09 Å². The number of carbonyl (C=O) groups is 1. The Morgan fingerprint density at radius 2 is 1.79 bits per heavy atom. The Morgan fingerprint density at radius 1 is 1.08 bits per heavy atom. The average Bonchev–Trinajstić information content (AvgIpc) is 3.11. The molecule has 0 aliphatic carbocycles. The summed E-state index contributed by atoms with van der Waals surface area (Å²) in [6.07, 6.45) is 1.98. The molecule has 24 heavy (non-hydrogen) atoms. The van der Waals surface area contributed by atoms with Gasteiger partial charge in [0.2, 0.25) is 0 Å². The molecule has 0 aliphatic heterocycles. The quantitative estimate of drug-likeness (QED) is 0.732. The lowest BCUT2D eigenvalue weighted by Gasteiger charge is -2.07. The van der Waals surface area contributed by atoms with Crippen molar-refractivity contribution in [2.24, 2.45) is 0 Å². The number of rotatable bonds is 4. The van der Waals surface area contributed by atoms with Gasteiger partial charge in [-0.15, -0.1) is 0 Å². The third-order valence-electron chi connectivity index (χ3n) is 3.16. The lowest BCUT2D eigenvalue weighted by Crippen LogP contribution is -2.13. The molecule has 0 saturated heterocycles. The molecule has 118 valence electrons. The molecule has 0 N–H and O–H groups in total. The normalized spacial score (nSPS) is 9.96. The largest absolute Gasteiger partial charge is 0.457 e. The van der Waals surface area contributed by atoms with E-state index in [2.05, 4.69) is 5.10 Å². The van der Waals surface area contributed by atoms with Crippen LogP contribution < -0.4 is 4.74 Å². The number of hydrogen-bond acceptors (Lipinski definition) is 5.